The topological polar surface area (TPSA) is 80.9 Å². The molecule has 7 heteroatoms. The maximum absolute atomic E-state index is 13.9. The first-order valence-corrected chi connectivity index (χ1v) is 14.7. The SMILES string of the molecule is CC=CNCC(c1cc(I(N)(=O)CC)c(C)c(-c2cc(F)ncc2C)n1)C1CC1. The molecule has 0 radical (unpaired) electrons. The van der Waals surface area contributed by atoms with E-state index in [1.807, 2.05) is 46.0 Å². The number of allylic oxidation sites excluding steroid dienone is 1. The van der Waals surface area contributed by atoms with E-state index in [-0.39, 0.29) is 5.92 Å². The van der Waals surface area contributed by atoms with Crippen molar-refractivity contribution in [2.75, 3.05) is 11.0 Å². The van der Waals surface area contributed by atoms with Crippen LogP contribution in [0.1, 0.15) is 49.4 Å². The number of alkyl halides is 1. The van der Waals surface area contributed by atoms with Gasteiger partial charge in [0, 0.05) is 0 Å². The van der Waals surface area contributed by atoms with E-state index in [0.717, 1.165) is 36.2 Å². The Labute approximate surface area is 176 Å². The van der Waals surface area contributed by atoms with Crippen LogP contribution >= 0.6 is 18.7 Å². The predicted molar refractivity (Wildman–Crippen MR) is 123 cm³/mol. The summed E-state index contributed by atoms with van der Waals surface area (Å²) in [4.78, 5) is 8.71. The van der Waals surface area contributed by atoms with Gasteiger partial charge in [0.15, 0.2) is 0 Å². The zero-order valence-corrected chi connectivity index (χ0v) is 19.7. The molecule has 0 saturated heterocycles. The van der Waals surface area contributed by atoms with Crippen molar-refractivity contribution in [3.63, 3.8) is 0 Å². The average Bonchev–Trinajstić information content (AvgIpc) is 3.53. The molecule has 3 rings (SSSR count). The van der Waals surface area contributed by atoms with Gasteiger partial charge in [0.05, 0.1) is 0 Å². The van der Waals surface area contributed by atoms with Crippen molar-refractivity contribution in [3.8, 4) is 11.3 Å². The normalized spacial score (nSPS) is 18.4. The van der Waals surface area contributed by atoms with Crippen LogP contribution in [0, 0.1) is 29.3 Å². The molecule has 2 heterocycles. The molecule has 0 bridgehead atoms. The monoisotopic (exact) mass is 512 g/mol. The zero-order valence-electron chi connectivity index (χ0n) is 17.5. The Hall–Kier alpha value is -1.74. The summed E-state index contributed by atoms with van der Waals surface area (Å²) in [5, 5.41) is 3.34. The Morgan fingerprint density at radius 1 is 1.38 bits per heavy atom. The van der Waals surface area contributed by atoms with E-state index in [2.05, 4.69) is 10.3 Å². The van der Waals surface area contributed by atoms with Gasteiger partial charge in [-0.05, 0) is 0 Å². The van der Waals surface area contributed by atoms with Crippen LogP contribution in [0.3, 0.4) is 0 Å². The third kappa shape index (κ3) is 4.88. The molecule has 2 atom stereocenters. The molecule has 2 unspecified atom stereocenters. The quantitative estimate of drug-likeness (QED) is 0.226. The van der Waals surface area contributed by atoms with Crippen LogP contribution < -0.4 is 9.26 Å². The van der Waals surface area contributed by atoms with Crippen molar-refractivity contribution in [1.29, 1.82) is 0 Å². The summed E-state index contributed by atoms with van der Waals surface area (Å²) in [5.41, 5.74) is 3.85. The average molecular weight is 512 g/mol. The van der Waals surface area contributed by atoms with E-state index in [9.17, 15) is 7.46 Å². The second-order valence-corrected chi connectivity index (χ2v) is 14.1. The summed E-state index contributed by atoms with van der Waals surface area (Å²) in [7, 11) is 0. The first kappa shape index (κ1) is 22.0. The van der Waals surface area contributed by atoms with Gasteiger partial charge in [0.25, 0.3) is 0 Å². The second-order valence-electron chi connectivity index (χ2n) is 7.62. The number of nitrogens with two attached hydrogens (primary N) is 1. The van der Waals surface area contributed by atoms with Crippen LogP contribution in [0.4, 0.5) is 4.39 Å². The van der Waals surface area contributed by atoms with E-state index in [1.165, 1.54) is 12.3 Å². The molecular weight excluding hydrogens is 482 g/mol. The van der Waals surface area contributed by atoms with Crippen LogP contribution in [-0.2, 0) is 3.07 Å². The van der Waals surface area contributed by atoms with Gasteiger partial charge in [0.1, 0.15) is 0 Å². The van der Waals surface area contributed by atoms with E-state index < -0.39 is 24.6 Å². The Balaban J connectivity index is 2.20. The van der Waals surface area contributed by atoms with Crippen LogP contribution in [0.25, 0.3) is 11.3 Å². The Kier molecular flexibility index (Phi) is 6.78. The molecule has 5 nitrogen and oxygen atoms in total. The van der Waals surface area contributed by atoms with E-state index in [4.69, 9.17) is 8.93 Å². The van der Waals surface area contributed by atoms with Crippen LogP contribution in [0.2, 0.25) is 0 Å². The van der Waals surface area contributed by atoms with E-state index >= 15 is 0 Å². The molecule has 0 aliphatic heterocycles. The number of halogens is 2. The number of nitrogens with one attached hydrogen (secondary N) is 1. The molecule has 29 heavy (non-hydrogen) atoms. The number of hydrogen-bond acceptors (Lipinski definition) is 4. The molecule has 1 saturated carbocycles. The summed E-state index contributed by atoms with van der Waals surface area (Å²) in [6.45, 7) is 8.36. The van der Waals surface area contributed by atoms with E-state index in [1.54, 1.807) is 0 Å². The summed E-state index contributed by atoms with van der Waals surface area (Å²) >= 11 is -3.84. The molecule has 3 N–H and O–H groups in total. The Bertz CT molecular complexity index is 972. The fourth-order valence-corrected chi connectivity index (χ4v) is 6.90. The van der Waals surface area contributed by atoms with Gasteiger partial charge in [-0.2, -0.15) is 0 Å². The summed E-state index contributed by atoms with van der Waals surface area (Å²) in [6.07, 6.45) is 7.72. The number of pyridine rings is 2. The molecular formula is C22H30FIN4O. The minimum absolute atomic E-state index is 0.199. The maximum atomic E-state index is 13.9. The first-order chi connectivity index (χ1) is 13.8. The third-order valence-electron chi connectivity index (χ3n) is 5.49. The second kappa shape index (κ2) is 8.95. The van der Waals surface area contributed by atoms with Crippen molar-refractivity contribution >= 4 is 18.7 Å². The van der Waals surface area contributed by atoms with Crippen LogP contribution in [0.5, 0.6) is 0 Å². The van der Waals surface area contributed by atoms with Crippen molar-refractivity contribution in [1.82, 2.24) is 15.3 Å². The van der Waals surface area contributed by atoms with Gasteiger partial charge in [-0.15, -0.1) is 0 Å². The fraction of sp³-hybridized carbons (Fsp3) is 0.455. The number of aromatic nitrogens is 2. The third-order valence-corrected chi connectivity index (χ3v) is 10.8. The van der Waals surface area contributed by atoms with Gasteiger partial charge in [-0.3, -0.25) is 0 Å². The molecule has 2 aromatic heterocycles. The van der Waals surface area contributed by atoms with Crippen molar-refractivity contribution in [2.45, 2.75) is 46.5 Å². The zero-order chi connectivity index (χ0) is 21.2. The molecule has 0 spiro atoms. The molecule has 1 fully saturated rings. The number of rotatable bonds is 8. The number of nitrogens with zero attached hydrogens (tertiary/aromatic N) is 2. The molecule has 158 valence electrons. The van der Waals surface area contributed by atoms with Crippen LogP contribution in [0.15, 0.2) is 30.6 Å². The Morgan fingerprint density at radius 2 is 2.10 bits per heavy atom. The van der Waals surface area contributed by atoms with E-state index in [0.29, 0.717) is 25.2 Å². The molecule has 0 amide bonds. The number of aryl methyl sites for hydroxylation is 1. The Morgan fingerprint density at radius 3 is 2.72 bits per heavy atom. The van der Waals surface area contributed by atoms with Gasteiger partial charge < -0.3 is 0 Å². The van der Waals surface area contributed by atoms with Gasteiger partial charge >= 0.3 is 177 Å². The predicted octanol–water partition coefficient (Wildman–Crippen LogP) is 4.97. The summed E-state index contributed by atoms with van der Waals surface area (Å²) < 4.78 is 34.7. The van der Waals surface area contributed by atoms with Crippen molar-refractivity contribution < 1.29 is 7.46 Å². The molecule has 1 aliphatic rings. The van der Waals surface area contributed by atoms with Gasteiger partial charge in [-0.25, -0.2) is 0 Å². The summed E-state index contributed by atoms with van der Waals surface area (Å²) in [5.74, 6) is 0.195. The summed E-state index contributed by atoms with van der Waals surface area (Å²) in [6, 6.07) is 3.36. The minimum atomic E-state index is -3.84. The van der Waals surface area contributed by atoms with Crippen molar-refractivity contribution in [2.24, 2.45) is 9.86 Å². The standard InChI is InChI=1S/C22H30FIN4O/c1-5-9-26-13-18(16-7-8-16)20-11-19(24(25,29)6-2)15(4)22(28-20)17-10-21(23)27-12-14(17)3/h5,9-12,16,18,26H,6-8,13H2,1-4H3,(H2,25,29). The van der Waals surface area contributed by atoms with Gasteiger partial charge in [-0.1, -0.05) is 0 Å². The number of hydrogen-bond donors (Lipinski definition) is 2. The molecule has 2 aromatic rings. The van der Waals surface area contributed by atoms with Gasteiger partial charge in [0.2, 0.25) is 0 Å². The van der Waals surface area contributed by atoms with Crippen molar-refractivity contribution in [3.05, 3.63) is 56.9 Å². The van der Waals surface area contributed by atoms with Crippen LogP contribution in [-0.4, -0.2) is 20.9 Å². The molecule has 1 aliphatic carbocycles. The molecule has 0 aromatic carbocycles. The first-order valence-electron chi connectivity index (χ1n) is 10.00. The fourth-order valence-electron chi connectivity index (χ4n) is 3.60.